The van der Waals surface area contributed by atoms with Crippen LogP contribution in [0, 0.1) is 13.8 Å². The molecule has 11 heavy (non-hydrogen) atoms. The lowest BCUT2D eigenvalue weighted by molar-refractivity contribution is 0.199. The maximum atomic E-state index is 9.24. The van der Waals surface area contributed by atoms with Crippen molar-refractivity contribution in [2.45, 2.75) is 26.9 Å². The first kappa shape index (κ1) is 8.28. The van der Waals surface area contributed by atoms with E-state index in [1.165, 1.54) is 11.1 Å². The molecule has 0 saturated carbocycles. The Morgan fingerprint density at radius 2 is 1.82 bits per heavy atom. The molecule has 0 heterocycles. The molecule has 0 saturated heterocycles. The molecular weight excluding hydrogens is 136 g/mol. The van der Waals surface area contributed by atoms with Gasteiger partial charge in [-0.3, -0.25) is 0 Å². The molecule has 0 aliphatic carbocycles. The Hall–Kier alpha value is -0.820. The van der Waals surface area contributed by atoms with E-state index < -0.39 is 0 Å². The molecule has 1 heteroatoms. The van der Waals surface area contributed by atoms with Gasteiger partial charge >= 0.3 is 0 Å². The van der Waals surface area contributed by atoms with Gasteiger partial charge in [0.1, 0.15) is 0 Å². The molecule has 0 amide bonds. The van der Waals surface area contributed by atoms with Gasteiger partial charge in [0.25, 0.3) is 0 Å². The Morgan fingerprint density at radius 3 is 2.27 bits per heavy atom. The van der Waals surface area contributed by atoms with E-state index >= 15 is 0 Å². The molecule has 60 valence electrons. The molecule has 1 aromatic rings. The Bertz CT molecular complexity index is 251. The number of aliphatic hydroxyl groups is 1. The van der Waals surface area contributed by atoms with Gasteiger partial charge in [-0.15, -0.1) is 0 Å². The average Bonchev–Trinajstić information content (AvgIpc) is 1.94. The van der Waals surface area contributed by atoms with Crippen LogP contribution in [0.1, 0.15) is 29.7 Å². The van der Waals surface area contributed by atoms with Crippen molar-refractivity contribution < 1.29 is 5.11 Å². The van der Waals surface area contributed by atoms with E-state index in [1.54, 1.807) is 6.92 Å². The zero-order valence-electron chi connectivity index (χ0n) is 7.26. The van der Waals surface area contributed by atoms with Crippen LogP contribution in [-0.2, 0) is 0 Å². The zero-order valence-corrected chi connectivity index (χ0v) is 7.26. The van der Waals surface area contributed by atoms with Gasteiger partial charge in [-0.25, -0.2) is 0 Å². The molecule has 0 radical (unpaired) electrons. The van der Waals surface area contributed by atoms with E-state index in [0.717, 1.165) is 5.56 Å². The van der Waals surface area contributed by atoms with E-state index in [9.17, 15) is 5.11 Å². The summed E-state index contributed by atoms with van der Waals surface area (Å²) in [5, 5.41) is 9.24. The summed E-state index contributed by atoms with van der Waals surface area (Å²) < 4.78 is 0. The molecule has 0 unspecified atom stereocenters. The summed E-state index contributed by atoms with van der Waals surface area (Å²) in [6.45, 7) is 5.91. The van der Waals surface area contributed by atoms with Gasteiger partial charge in [0, 0.05) is 0 Å². The molecule has 0 fully saturated rings. The van der Waals surface area contributed by atoms with Crippen molar-refractivity contribution in [3.63, 3.8) is 0 Å². The van der Waals surface area contributed by atoms with E-state index in [1.807, 2.05) is 18.2 Å². The minimum atomic E-state index is -0.353. The lowest BCUT2D eigenvalue weighted by Gasteiger charge is -2.06. The molecule has 0 spiro atoms. The molecule has 1 rings (SSSR count). The van der Waals surface area contributed by atoms with Crippen LogP contribution >= 0.6 is 0 Å². The van der Waals surface area contributed by atoms with Crippen molar-refractivity contribution in [3.8, 4) is 0 Å². The largest absolute Gasteiger partial charge is 0.389 e. The molecule has 0 aliphatic rings. The predicted octanol–water partition coefficient (Wildman–Crippen LogP) is 2.36. The molecule has 0 bridgehead atoms. The normalized spacial score (nSPS) is 13.1. The standard InChI is InChI=1S/C10H14O/c1-7-4-5-10(9(3)11)6-8(7)2/h4-6,9,11H,1-3H3/t9-/m0/s1. The highest BCUT2D eigenvalue weighted by molar-refractivity contribution is 5.30. The molecule has 1 nitrogen and oxygen atoms in total. The fourth-order valence-corrected chi connectivity index (χ4v) is 1.02. The van der Waals surface area contributed by atoms with Crippen LogP contribution in [0.5, 0.6) is 0 Å². The highest BCUT2D eigenvalue weighted by Crippen LogP contribution is 2.15. The van der Waals surface area contributed by atoms with Gasteiger partial charge in [-0.2, -0.15) is 0 Å². The third kappa shape index (κ3) is 1.81. The summed E-state index contributed by atoms with van der Waals surface area (Å²) in [5.74, 6) is 0. The first-order valence-electron chi connectivity index (χ1n) is 3.86. The Balaban J connectivity index is 3.05. The van der Waals surface area contributed by atoms with Gasteiger partial charge in [0.05, 0.1) is 6.10 Å². The predicted molar refractivity (Wildman–Crippen MR) is 46.5 cm³/mol. The van der Waals surface area contributed by atoms with Gasteiger partial charge in [-0.1, -0.05) is 18.2 Å². The van der Waals surface area contributed by atoms with Crippen LogP contribution in [0.3, 0.4) is 0 Å². The molecule has 1 atom stereocenters. The van der Waals surface area contributed by atoms with Crippen LogP contribution in [0.4, 0.5) is 0 Å². The number of aryl methyl sites for hydroxylation is 2. The Labute approximate surface area is 67.7 Å². The Kier molecular flexibility index (Phi) is 2.30. The quantitative estimate of drug-likeness (QED) is 0.651. The van der Waals surface area contributed by atoms with E-state index in [2.05, 4.69) is 13.8 Å². The number of benzene rings is 1. The summed E-state index contributed by atoms with van der Waals surface area (Å²) in [6, 6.07) is 6.03. The van der Waals surface area contributed by atoms with Crippen molar-refractivity contribution in [2.75, 3.05) is 0 Å². The lowest BCUT2D eigenvalue weighted by Crippen LogP contribution is -1.92. The van der Waals surface area contributed by atoms with Gasteiger partial charge < -0.3 is 5.11 Å². The van der Waals surface area contributed by atoms with Gasteiger partial charge in [-0.05, 0) is 37.5 Å². The molecular formula is C10H14O. The first-order chi connectivity index (χ1) is 5.11. The minimum absolute atomic E-state index is 0.353. The van der Waals surface area contributed by atoms with Gasteiger partial charge in [0.15, 0.2) is 0 Å². The maximum Gasteiger partial charge on any atom is 0.0762 e. The molecule has 0 aliphatic heterocycles. The van der Waals surface area contributed by atoms with Gasteiger partial charge in [0.2, 0.25) is 0 Å². The van der Waals surface area contributed by atoms with Crippen LogP contribution < -0.4 is 0 Å². The fourth-order valence-electron chi connectivity index (χ4n) is 1.02. The van der Waals surface area contributed by atoms with E-state index in [4.69, 9.17) is 0 Å². The van der Waals surface area contributed by atoms with Crippen LogP contribution in [0.15, 0.2) is 18.2 Å². The monoisotopic (exact) mass is 150 g/mol. The summed E-state index contributed by atoms with van der Waals surface area (Å²) in [5.41, 5.74) is 3.51. The van der Waals surface area contributed by atoms with Crippen LogP contribution in [-0.4, -0.2) is 5.11 Å². The summed E-state index contributed by atoms with van der Waals surface area (Å²) in [4.78, 5) is 0. The molecule has 1 N–H and O–H groups in total. The SMILES string of the molecule is Cc1ccc([C@H](C)O)cc1C. The summed E-state index contributed by atoms with van der Waals surface area (Å²) >= 11 is 0. The third-order valence-electron chi connectivity index (χ3n) is 2.01. The van der Waals surface area contributed by atoms with Crippen molar-refractivity contribution in [1.82, 2.24) is 0 Å². The summed E-state index contributed by atoms with van der Waals surface area (Å²) in [7, 11) is 0. The van der Waals surface area contributed by atoms with Crippen molar-refractivity contribution >= 4 is 0 Å². The topological polar surface area (TPSA) is 20.2 Å². The van der Waals surface area contributed by atoms with E-state index in [0.29, 0.717) is 0 Å². The number of aliphatic hydroxyl groups excluding tert-OH is 1. The highest BCUT2D eigenvalue weighted by Gasteiger charge is 2.00. The van der Waals surface area contributed by atoms with Crippen molar-refractivity contribution in [2.24, 2.45) is 0 Å². The molecule has 0 aromatic heterocycles. The Morgan fingerprint density at radius 1 is 1.18 bits per heavy atom. The zero-order chi connectivity index (χ0) is 8.43. The van der Waals surface area contributed by atoms with Crippen molar-refractivity contribution in [1.29, 1.82) is 0 Å². The molecule has 1 aromatic carbocycles. The number of hydrogen-bond donors (Lipinski definition) is 1. The van der Waals surface area contributed by atoms with E-state index in [-0.39, 0.29) is 6.10 Å². The second-order valence-corrected chi connectivity index (χ2v) is 3.02. The summed E-state index contributed by atoms with van der Waals surface area (Å²) in [6.07, 6.45) is -0.353. The fraction of sp³-hybridized carbons (Fsp3) is 0.400. The van der Waals surface area contributed by atoms with Crippen LogP contribution in [0.2, 0.25) is 0 Å². The second kappa shape index (κ2) is 3.05. The van der Waals surface area contributed by atoms with Crippen LogP contribution in [0.25, 0.3) is 0 Å². The second-order valence-electron chi connectivity index (χ2n) is 3.02. The van der Waals surface area contributed by atoms with Crippen molar-refractivity contribution in [3.05, 3.63) is 34.9 Å². The first-order valence-corrected chi connectivity index (χ1v) is 3.86. The average molecular weight is 150 g/mol. The minimum Gasteiger partial charge on any atom is -0.389 e. The smallest absolute Gasteiger partial charge is 0.0762 e. The number of rotatable bonds is 1. The third-order valence-corrected chi connectivity index (χ3v) is 2.01. The number of hydrogen-bond acceptors (Lipinski definition) is 1. The lowest BCUT2D eigenvalue weighted by atomic mass is 10.0. The maximum absolute atomic E-state index is 9.24. The highest BCUT2D eigenvalue weighted by atomic mass is 16.3.